The van der Waals surface area contributed by atoms with Gasteiger partial charge in [0, 0.05) is 5.19 Å². The second-order valence-electron chi connectivity index (χ2n) is 5.01. The minimum absolute atomic E-state index is 0.0928. The summed E-state index contributed by atoms with van der Waals surface area (Å²) < 4.78 is 5.11. The Bertz CT molecular complexity index is 412. The molecule has 2 rings (SSSR count). The van der Waals surface area contributed by atoms with Gasteiger partial charge in [-0.3, -0.25) is 0 Å². The average molecular weight is 208 g/mol. The lowest BCUT2D eigenvalue weighted by molar-refractivity contribution is 0.509. The van der Waals surface area contributed by atoms with Crippen LogP contribution in [-0.4, -0.2) is 8.07 Å². The number of hydrogen-bond acceptors (Lipinski definition) is 2. The fraction of sp³-hybridized carbons (Fsp3) is 0.545. The van der Waals surface area contributed by atoms with E-state index in [4.69, 9.17) is 4.42 Å². The molecule has 1 aliphatic rings. The van der Waals surface area contributed by atoms with Gasteiger partial charge in [0.15, 0.2) is 0 Å². The summed E-state index contributed by atoms with van der Waals surface area (Å²) in [7, 11) is -1.54. The summed E-state index contributed by atoms with van der Waals surface area (Å²) in [5, 5.41) is 1.02. The van der Waals surface area contributed by atoms with Crippen molar-refractivity contribution in [1.82, 2.24) is 0 Å². The maximum absolute atomic E-state index is 11.7. The van der Waals surface area contributed by atoms with Crippen molar-refractivity contribution in [3.8, 4) is 0 Å². The quantitative estimate of drug-likeness (QED) is 0.657. The highest BCUT2D eigenvalue weighted by Gasteiger charge is 2.28. The van der Waals surface area contributed by atoms with Gasteiger partial charge in [-0.05, 0) is 30.4 Å². The molecule has 1 aromatic rings. The molecule has 1 aliphatic carbocycles. The second kappa shape index (κ2) is 3.09. The Hall–Kier alpha value is -0.833. The fourth-order valence-electron chi connectivity index (χ4n) is 2.25. The largest absolute Gasteiger partial charge is 0.431 e. The molecule has 0 spiro atoms. The number of fused-ring (bicyclic) bond motifs is 1. The van der Waals surface area contributed by atoms with Crippen molar-refractivity contribution in [2.24, 2.45) is 0 Å². The Morgan fingerprint density at radius 1 is 1.29 bits per heavy atom. The molecule has 76 valence electrons. The van der Waals surface area contributed by atoms with Crippen LogP contribution in [0.3, 0.4) is 0 Å². The van der Waals surface area contributed by atoms with Crippen molar-refractivity contribution >= 4 is 13.3 Å². The van der Waals surface area contributed by atoms with E-state index in [0.717, 1.165) is 18.0 Å². The molecular weight excluding hydrogens is 192 g/mol. The van der Waals surface area contributed by atoms with Gasteiger partial charge >= 0.3 is 5.63 Å². The molecule has 0 unspecified atom stereocenters. The molecular formula is C11H16O2Si. The molecule has 0 bridgehead atoms. The predicted molar refractivity (Wildman–Crippen MR) is 60.0 cm³/mol. The van der Waals surface area contributed by atoms with Crippen molar-refractivity contribution in [2.75, 3.05) is 0 Å². The topological polar surface area (TPSA) is 30.2 Å². The smallest absolute Gasteiger partial charge is 0.335 e. The van der Waals surface area contributed by atoms with Crippen LogP contribution in [-0.2, 0) is 12.8 Å². The first kappa shape index (κ1) is 9.71. The van der Waals surface area contributed by atoms with Crippen molar-refractivity contribution in [3.63, 3.8) is 0 Å². The van der Waals surface area contributed by atoms with Crippen LogP contribution in [0.2, 0.25) is 19.6 Å². The van der Waals surface area contributed by atoms with E-state index < -0.39 is 8.07 Å². The van der Waals surface area contributed by atoms with Crippen LogP contribution in [0.1, 0.15) is 17.5 Å². The molecule has 0 radical (unpaired) electrons. The van der Waals surface area contributed by atoms with Crippen LogP contribution in [0.4, 0.5) is 0 Å². The number of hydrogen-bond donors (Lipinski definition) is 0. The molecule has 2 nitrogen and oxygen atoms in total. The highest BCUT2D eigenvalue weighted by atomic mass is 28.3. The van der Waals surface area contributed by atoms with E-state index in [2.05, 4.69) is 19.6 Å². The minimum atomic E-state index is -1.54. The maximum Gasteiger partial charge on any atom is 0.335 e. The molecule has 0 aromatic carbocycles. The van der Waals surface area contributed by atoms with Crippen LogP contribution in [0.5, 0.6) is 0 Å². The van der Waals surface area contributed by atoms with E-state index in [1.165, 1.54) is 17.5 Å². The summed E-state index contributed by atoms with van der Waals surface area (Å²) in [5.74, 6) is 0. The zero-order valence-corrected chi connectivity index (χ0v) is 10.0. The number of rotatable bonds is 1. The first-order chi connectivity index (χ1) is 6.50. The molecule has 0 fully saturated rings. The SMILES string of the molecule is C[Si](C)(C)c1c2c(coc1=O)CCC2. The van der Waals surface area contributed by atoms with Gasteiger partial charge < -0.3 is 4.42 Å². The first-order valence-corrected chi connectivity index (χ1v) is 8.64. The average Bonchev–Trinajstić information content (AvgIpc) is 2.48. The third kappa shape index (κ3) is 1.45. The Kier molecular flexibility index (Phi) is 2.14. The monoisotopic (exact) mass is 208 g/mol. The maximum atomic E-state index is 11.7. The highest BCUT2D eigenvalue weighted by Crippen LogP contribution is 2.20. The predicted octanol–water partition coefficient (Wildman–Crippen LogP) is 1.67. The summed E-state index contributed by atoms with van der Waals surface area (Å²) in [4.78, 5) is 11.7. The van der Waals surface area contributed by atoms with Gasteiger partial charge in [0.25, 0.3) is 0 Å². The van der Waals surface area contributed by atoms with Crippen LogP contribution in [0, 0.1) is 0 Å². The Morgan fingerprint density at radius 3 is 2.64 bits per heavy atom. The lowest BCUT2D eigenvalue weighted by Crippen LogP contribution is -2.49. The van der Waals surface area contributed by atoms with E-state index in [0.29, 0.717) is 0 Å². The van der Waals surface area contributed by atoms with E-state index in [-0.39, 0.29) is 5.63 Å². The summed E-state index contributed by atoms with van der Waals surface area (Å²) in [6.45, 7) is 6.62. The summed E-state index contributed by atoms with van der Waals surface area (Å²) in [6.07, 6.45) is 4.98. The van der Waals surface area contributed by atoms with Crippen molar-refractivity contribution in [3.05, 3.63) is 27.8 Å². The van der Waals surface area contributed by atoms with Gasteiger partial charge in [-0.2, -0.15) is 0 Å². The Labute approximate surface area is 85.0 Å². The molecule has 0 atom stereocenters. The standard InChI is InChI=1S/C11H16O2Si/c1-14(2,3)10-9-6-4-5-8(9)7-13-11(10)12/h7H,4-6H2,1-3H3. The highest BCUT2D eigenvalue weighted by molar-refractivity contribution is 6.88. The molecule has 0 saturated heterocycles. The van der Waals surface area contributed by atoms with E-state index in [1.807, 2.05) is 0 Å². The van der Waals surface area contributed by atoms with E-state index in [9.17, 15) is 4.79 Å². The van der Waals surface area contributed by atoms with Gasteiger partial charge in [0.2, 0.25) is 0 Å². The lowest BCUT2D eigenvalue weighted by atomic mass is 10.2. The normalized spacial score (nSPS) is 15.6. The first-order valence-electron chi connectivity index (χ1n) is 5.14. The Morgan fingerprint density at radius 2 is 2.00 bits per heavy atom. The summed E-state index contributed by atoms with van der Waals surface area (Å²) in [5.41, 5.74) is 2.48. The van der Waals surface area contributed by atoms with Gasteiger partial charge in [0.1, 0.15) is 0 Å². The molecule has 3 heteroatoms. The van der Waals surface area contributed by atoms with Gasteiger partial charge in [0.05, 0.1) is 14.3 Å². The molecule has 1 heterocycles. The van der Waals surface area contributed by atoms with Crippen LogP contribution < -0.4 is 10.8 Å². The van der Waals surface area contributed by atoms with Crippen molar-refractivity contribution in [1.29, 1.82) is 0 Å². The molecule has 0 saturated carbocycles. The van der Waals surface area contributed by atoms with Gasteiger partial charge in [-0.1, -0.05) is 19.6 Å². The number of aryl methyl sites for hydroxylation is 1. The van der Waals surface area contributed by atoms with Crippen molar-refractivity contribution in [2.45, 2.75) is 38.9 Å². The zero-order valence-electron chi connectivity index (χ0n) is 9.02. The van der Waals surface area contributed by atoms with Crippen molar-refractivity contribution < 1.29 is 4.42 Å². The third-order valence-corrected chi connectivity index (χ3v) is 4.83. The molecule has 0 N–H and O–H groups in total. The Balaban J connectivity index is 2.70. The van der Waals surface area contributed by atoms with E-state index in [1.54, 1.807) is 6.26 Å². The van der Waals surface area contributed by atoms with E-state index >= 15 is 0 Å². The molecule has 1 aromatic heterocycles. The zero-order chi connectivity index (χ0) is 10.3. The summed E-state index contributed by atoms with van der Waals surface area (Å²) >= 11 is 0. The molecule has 0 aliphatic heterocycles. The fourth-order valence-corrected chi connectivity index (χ4v) is 4.11. The van der Waals surface area contributed by atoms with Crippen LogP contribution >= 0.6 is 0 Å². The van der Waals surface area contributed by atoms with Gasteiger partial charge in [-0.25, -0.2) is 4.79 Å². The van der Waals surface area contributed by atoms with Crippen LogP contribution in [0.15, 0.2) is 15.5 Å². The molecule has 14 heavy (non-hydrogen) atoms. The second-order valence-corrected chi connectivity index (χ2v) is 10.0. The van der Waals surface area contributed by atoms with Crippen LogP contribution in [0.25, 0.3) is 0 Å². The minimum Gasteiger partial charge on any atom is -0.431 e. The lowest BCUT2D eigenvalue weighted by Gasteiger charge is -2.18. The molecule has 0 amide bonds. The third-order valence-electron chi connectivity index (χ3n) is 2.82. The van der Waals surface area contributed by atoms with Gasteiger partial charge in [-0.15, -0.1) is 0 Å². The summed E-state index contributed by atoms with van der Waals surface area (Å²) in [6, 6.07) is 0.